The Morgan fingerprint density at radius 3 is 2.11 bits per heavy atom. The molecule has 0 heterocycles. The van der Waals surface area contributed by atoms with Crippen molar-refractivity contribution >= 4 is 0 Å². The normalized spacial score (nSPS) is 54.2. The fraction of sp³-hybridized carbons (Fsp3) is 1.00. The number of rotatable bonds is 3. The molecule has 5 rings (SSSR count). The molecule has 0 aromatic carbocycles. The molecule has 2 atom stereocenters. The molecule has 0 aliphatic heterocycles. The maximum Gasteiger partial charge on any atom is 0.0580 e. The van der Waals surface area contributed by atoms with Crippen LogP contribution in [0.4, 0.5) is 0 Å². The fourth-order valence-corrected chi connectivity index (χ4v) is 5.80. The van der Waals surface area contributed by atoms with Crippen LogP contribution in [0.1, 0.15) is 51.4 Å². The predicted octanol–water partition coefficient (Wildman–Crippen LogP) is 2.56. The molecule has 0 saturated heterocycles. The van der Waals surface area contributed by atoms with E-state index in [1.807, 2.05) is 0 Å². The Morgan fingerprint density at radius 1 is 0.889 bits per heavy atom. The molecule has 0 aromatic rings. The van der Waals surface area contributed by atoms with Crippen molar-refractivity contribution in [3.8, 4) is 0 Å². The summed E-state index contributed by atoms with van der Waals surface area (Å²) in [5.41, 5.74) is 0. The quantitative estimate of drug-likeness (QED) is 0.805. The summed E-state index contributed by atoms with van der Waals surface area (Å²) in [7, 11) is 0. The van der Waals surface area contributed by atoms with E-state index in [0.717, 1.165) is 42.7 Å². The molecule has 2 N–H and O–H groups in total. The van der Waals surface area contributed by atoms with Crippen LogP contribution in [0.5, 0.6) is 0 Å². The molecule has 2 heteroatoms. The third-order valence-corrected chi connectivity index (χ3v) is 6.46. The lowest BCUT2D eigenvalue weighted by molar-refractivity contribution is -0.0165. The minimum absolute atomic E-state index is 0.0191. The molecule has 5 aliphatic rings. The van der Waals surface area contributed by atoms with E-state index >= 15 is 0 Å². The topological polar surface area (TPSA) is 32.3 Å². The van der Waals surface area contributed by atoms with E-state index in [9.17, 15) is 5.11 Å². The maximum atomic E-state index is 9.93. The van der Waals surface area contributed by atoms with Crippen LogP contribution in [0.15, 0.2) is 0 Å². The van der Waals surface area contributed by atoms with Gasteiger partial charge in [0.1, 0.15) is 0 Å². The zero-order chi connectivity index (χ0) is 12.1. The lowest BCUT2D eigenvalue weighted by Gasteiger charge is -2.54. The minimum atomic E-state index is -0.0191. The largest absolute Gasteiger partial charge is 0.393 e. The van der Waals surface area contributed by atoms with E-state index in [4.69, 9.17) is 0 Å². The molecule has 2 unspecified atom stereocenters. The van der Waals surface area contributed by atoms with Gasteiger partial charge in [0.15, 0.2) is 0 Å². The van der Waals surface area contributed by atoms with Crippen molar-refractivity contribution in [1.82, 2.24) is 5.32 Å². The van der Waals surface area contributed by atoms with Crippen LogP contribution in [0.25, 0.3) is 0 Å². The van der Waals surface area contributed by atoms with Crippen LogP contribution in [0, 0.1) is 29.6 Å². The summed E-state index contributed by atoms with van der Waals surface area (Å²) in [6, 6.07) is 0.797. The molecule has 102 valence electrons. The van der Waals surface area contributed by atoms with Gasteiger partial charge in [0.05, 0.1) is 6.10 Å². The van der Waals surface area contributed by atoms with Gasteiger partial charge in [0, 0.05) is 12.6 Å². The van der Waals surface area contributed by atoms with E-state index in [-0.39, 0.29) is 6.10 Å². The van der Waals surface area contributed by atoms with E-state index in [2.05, 4.69) is 5.32 Å². The predicted molar refractivity (Wildman–Crippen MR) is 72.2 cm³/mol. The van der Waals surface area contributed by atoms with Gasteiger partial charge in [-0.05, 0) is 74.5 Å². The highest BCUT2D eigenvalue weighted by Gasteiger charge is 2.48. The average molecular weight is 249 g/mol. The molecule has 0 radical (unpaired) electrons. The van der Waals surface area contributed by atoms with Crippen LogP contribution >= 0.6 is 0 Å². The summed E-state index contributed by atoms with van der Waals surface area (Å²) in [6.45, 7) is 1.08. The number of hydrogen-bond donors (Lipinski definition) is 2. The number of hydrogen-bond acceptors (Lipinski definition) is 2. The van der Waals surface area contributed by atoms with Gasteiger partial charge < -0.3 is 10.4 Å². The molecule has 0 amide bonds. The van der Waals surface area contributed by atoms with Crippen LogP contribution in [0.2, 0.25) is 0 Å². The molecule has 5 fully saturated rings. The standard InChI is InChI=1S/C16H27NO/c18-15-3-1-2-12(15)9-17-16-13-5-10-4-11(7-13)8-14(16)6-10/h10-18H,1-9H2. The highest BCUT2D eigenvalue weighted by atomic mass is 16.3. The molecule has 5 saturated carbocycles. The molecule has 18 heavy (non-hydrogen) atoms. The van der Waals surface area contributed by atoms with Crippen molar-refractivity contribution in [2.24, 2.45) is 29.6 Å². The smallest absolute Gasteiger partial charge is 0.0580 e. The zero-order valence-electron chi connectivity index (χ0n) is 11.4. The van der Waals surface area contributed by atoms with E-state index < -0.39 is 0 Å². The van der Waals surface area contributed by atoms with Gasteiger partial charge in [-0.2, -0.15) is 0 Å². The summed E-state index contributed by atoms with van der Waals surface area (Å²) >= 11 is 0. The third-order valence-electron chi connectivity index (χ3n) is 6.46. The van der Waals surface area contributed by atoms with E-state index in [0.29, 0.717) is 5.92 Å². The molecular weight excluding hydrogens is 222 g/mol. The van der Waals surface area contributed by atoms with Gasteiger partial charge in [0.25, 0.3) is 0 Å². The molecule has 5 aliphatic carbocycles. The van der Waals surface area contributed by atoms with E-state index in [1.54, 1.807) is 6.42 Å². The summed E-state index contributed by atoms with van der Waals surface area (Å²) in [5.74, 6) is 4.63. The second-order valence-electron chi connectivity index (χ2n) is 7.62. The molecule has 0 aromatic heterocycles. The Balaban J connectivity index is 1.37. The first-order chi connectivity index (χ1) is 8.79. The van der Waals surface area contributed by atoms with Gasteiger partial charge >= 0.3 is 0 Å². The van der Waals surface area contributed by atoms with Crippen LogP contribution in [0.3, 0.4) is 0 Å². The van der Waals surface area contributed by atoms with Gasteiger partial charge in [-0.15, -0.1) is 0 Å². The fourth-order valence-electron chi connectivity index (χ4n) is 5.80. The first-order valence-electron chi connectivity index (χ1n) is 8.21. The Labute approximate surface area is 111 Å². The van der Waals surface area contributed by atoms with Gasteiger partial charge in [-0.25, -0.2) is 0 Å². The molecule has 0 spiro atoms. The van der Waals surface area contributed by atoms with Crippen molar-refractivity contribution in [2.75, 3.05) is 6.54 Å². The second-order valence-corrected chi connectivity index (χ2v) is 7.62. The third kappa shape index (κ3) is 1.92. The second kappa shape index (κ2) is 4.49. The average Bonchev–Trinajstić information content (AvgIpc) is 2.73. The van der Waals surface area contributed by atoms with Crippen LogP contribution in [-0.2, 0) is 0 Å². The van der Waals surface area contributed by atoms with Crippen molar-refractivity contribution in [2.45, 2.75) is 63.5 Å². The lowest BCUT2D eigenvalue weighted by Crippen LogP contribution is -2.55. The number of aliphatic hydroxyl groups excluding tert-OH is 1. The SMILES string of the molecule is OC1CCCC1CNC1C2CC3CC(C2)CC1C3. The molecular formula is C16H27NO. The minimum Gasteiger partial charge on any atom is -0.393 e. The van der Waals surface area contributed by atoms with E-state index in [1.165, 1.54) is 38.5 Å². The molecule has 2 nitrogen and oxygen atoms in total. The number of nitrogens with one attached hydrogen (secondary N) is 1. The Hall–Kier alpha value is -0.0800. The monoisotopic (exact) mass is 249 g/mol. The lowest BCUT2D eigenvalue weighted by atomic mass is 9.54. The summed E-state index contributed by atoms with van der Waals surface area (Å²) < 4.78 is 0. The van der Waals surface area contributed by atoms with Gasteiger partial charge in [-0.1, -0.05) is 6.42 Å². The Kier molecular flexibility index (Phi) is 2.92. The van der Waals surface area contributed by atoms with Crippen molar-refractivity contribution in [1.29, 1.82) is 0 Å². The Morgan fingerprint density at radius 2 is 1.56 bits per heavy atom. The summed E-state index contributed by atoms with van der Waals surface area (Å²) in [5, 5.41) is 13.8. The highest BCUT2D eigenvalue weighted by molar-refractivity contribution is 5.01. The van der Waals surface area contributed by atoms with Crippen molar-refractivity contribution in [3.05, 3.63) is 0 Å². The van der Waals surface area contributed by atoms with Gasteiger partial charge in [0.2, 0.25) is 0 Å². The summed E-state index contributed by atoms with van der Waals surface area (Å²) in [4.78, 5) is 0. The highest BCUT2D eigenvalue weighted by Crippen LogP contribution is 2.53. The zero-order valence-corrected chi connectivity index (χ0v) is 11.4. The van der Waals surface area contributed by atoms with Crippen molar-refractivity contribution < 1.29 is 5.11 Å². The number of aliphatic hydroxyl groups is 1. The molecule has 4 bridgehead atoms. The van der Waals surface area contributed by atoms with Gasteiger partial charge in [-0.3, -0.25) is 0 Å². The Bertz CT molecular complexity index is 288. The van der Waals surface area contributed by atoms with Crippen LogP contribution < -0.4 is 5.32 Å². The van der Waals surface area contributed by atoms with Crippen molar-refractivity contribution in [3.63, 3.8) is 0 Å². The van der Waals surface area contributed by atoms with Crippen LogP contribution in [-0.4, -0.2) is 23.8 Å². The first-order valence-corrected chi connectivity index (χ1v) is 8.21. The summed E-state index contributed by atoms with van der Waals surface area (Å²) in [6.07, 6.45) is 11.0. The maximum absolute atomic E-state index is 9.93. The first kappa shape index (κ1) is 11.7.